The molecule has 172 valence electrons. The molecule has 3 aromatic carbocycles. The summed E-state index contributed by atoms with van der Waals surface area (Å²) in [6, 6.07) is 18.4. The highest BCUT2D eigenvalue weighted by Gasteiger charge is 2.08. The first-order chi connectivity index (χ1) is 16.1. The van der Waals surface area contributed by atoms with Crippen LogP contribution < -0.4 is 19.6 Å². The molecule has 0 saturated heterocycles. The van der Waals surface area contributed by atoms with Gasteiger partial charge in [0.05, 0.1) is 19.4 Å². The Balaban J connectivity index is 1.59. The third kappa shape index (κ3) is 7.35. The van der Waals surface area contributed by atoms with Gasteiger partial charge in [-0.05, 0) is 79.1 Å². The molecule has 3 rings (SSSR count). The van der Waals surface area contributed by atoms with E-state index in [9.17, 15) is 9.18 Å². The van der Waals surface area contributed by atoms with Gasteiger partial charge in [0.15, 0.2) is 11.5 Å². The summed E-state index contributed by atoms with van der Waals surface area (Å²) in [4.78, 5) is 12.3. The van der Waals surface area contributed by atoms with Gasteiger partial charge >= 0.3 is 0 Å². The van der Waals surface area contributed by atoms with Crippen LogP contribution in [0.3, 0.4) is 0 Å². The highest BCUT2D eigenvalue weighted by Crippen LogP contribution is 2.29. The van der Waals surface area contributed by atoms with Crippen LogP contribution in [-0.4, -0.2) is 25.3 Å². The summed E-state index contributed by atoms with van der Waals surface area (Å²) in [5.74, 6) is 1.23. The molecule has 33 heavy (non-hydrogen) atoms. The zero-order valence-corrected chi connectivity index (χ0v) is 18.7. The van der Waals surface area contributed by atoms with E-state index in [0.717, 1.165) is 23.3 Å². The topological polar surface area (TPSA) is 69.2 Å². The van der Waals surface area contributed by atoms with Crippen molar-refractivity contribution in [3.63, 3.8) is 0 Å². The van der Waals surface area contributed by atoms with Crippen molar-refractivity contribution in [3.05, 3.63) is 89.2 Å². The summed E-state index contributed by atoms with van der Waals surface area (Å²) in [7, 11) is 0. The molecule has 6 nitrogen and oxygen atoms in total. The van der Waals surface area contributed by atoms with E-state index in [1.807, 2.05) is 13.8 Å². The van der Waals surface area contributed by atoms with Crippen LogP contribution in [0.25, 0.3) is 0 Å². The Hall–Kier alpha value is -3.87. The summed E-state index contributed by atoms with van der Waals surface area (Å²) in [5, 5.41) is 4.03. The number of nitrogens with one attached hydrogen (secondary N) is 1. The summed E-state index contributed by atoms with van der Waals surface area (Å²) in [6.07, 6.45) is 2.45. The molecule has 1 amide bonds. The highest BCUT2D eigenvalue weighted by molar-refractivity contribution is 5.95. The second-order valence-electron chi connectivity index (χ2n) is 7.13. The summed E-state index contributed by atoms with van der Waals surface area (Å²) >= 11 is 0. The number of carbonyl (C=O) groups is 1. The number of benzene rings is 3. The monoisotopic (exact) mass is 450 g/mol. The molecule has 0 radical (unpaired) electrons. The first-order valence-electron chi connectivity index (χ1n) is 10.8. The highest BCUT2D eigenvalue weighted by atomic mass is 19.1. The first-order valence-corrected chi connectivity index (χ1v) is 10.8. The van der Waals surface area contributed by atoms with Gasteiger partial charge in [-0.3, -0.25) is 4.79 Å². The van der Waals surface area contributed by atoms with Crippen molar-refractivity contribution in [2.24, 2.45) is 5.10 Å². The fourth-order valence-corrected chi connectivity index (χ4v) is 2.89. The van der Waals surface area contributed by atoms with Crippen LogP contribution in [-0.2, 0) is 6.61 Å². The van der Waals surface area contributed by atoms with E-state index < -0.39 is 0 Å². The number of ether oxygens (including phenoxy) is 3. The Morgan fingerprint density at radius 3 is 2.39 bits per heavy atom. The van der Waals surface area contributed by atoms with E-state index >= 15 is 0 Å². The Labute approximate surface area is 193 Å². The summed E-state index contributed by atoms with van der Waals surface area (Å²) in [6.45, 7) is 5.29. The summed E-state index contributed by atoms with van der Waals surface area (Å²) in [5.41, 5.74) is 4.57. The zero-order chi connectivity index (χ0) is 23.5. The van der Waals surface area contributed by atoms with Gasteiger partial charge in [-0.1, -0.05) is 19.1 Å². The zero-order valence-electron chi connectivity index (χ0n) is 18.7. The minimum atomic E-state index is -0.322. The molecule has 0 bridgehead atoms. The molecular weight excluding hydrogens is 423 g/mol. The minimum Gasteiger partial charge on any atom is -0.494 e. The van der Waals surface area contributed by atoms with Crippen LogP contribution in [0, 0.1) is 5.82 Å². The lowest BCUT2D eigenvalue weighted by molar-refractivity contribution is 0.0955. The van der Waals surface area contributed by atoms with Gasteiger partial charge in [0.1, 0.15) is 18.2 Å². The maximum Gasteiger partial charge on any atom is 0.271 e. The minimum absolute atomic E-state index is 0.284. The Bertz CT molecular complexity index is 1070. The van der Waals surface area contributed by atoms with Crippen LogP contribution in [0.15, 0.2) is 71.8 Å². The van der Waals surface area contributed by atoms with Crippen LogP contribution in [0.2, 0.25) is 0 Å². The molecule has 0 spiro atoms. The van der Waals surface area contributed by atoms with Gasteiger partial charge in [0, 0.05) is 5.56 Å². The fourth-order valence-electron chi connectivity index (χ4n) is 2.89. The van der Waals surface area contributed by atoms with Crippen molar-refractivity contribution in [2.75, 3.05) is 13.2 Å². The SMILES string of the molecule is CCCOc1ccc(C(=O)N/N=C/c2ccc(OCc3ccc(F)cc3)c(OCC)c2)cc1. The fraction of sp³-hybridized carbons (Fsp3) is 0.231. The van der Waals surface area contributed by atoms with E-state index in [1.165, 1.54) is 18.3 Å². The average molecular weight is 451 g/mol. The van der Waals surface area contributed by atoms with Crippen molar-refractivity contribution < 1.29 is 23.4 Å². The van der Waals surface area contributed by atoms with Crippen molar-refractivity contribution >= 4 is 12.1 Å². The molecule has 7 heteroatoms. The average Bonchev–Trinajstić information content (AvgIpc) is 2.83. The smallest absolute Gasteiger partial charge is 0.271 e. The molecule has 1 N–H and O–H groups in total. The summed E-state index contributed by atoms with van der Waals surface area (Å²) < 4.78 is 30.1. The van der Waals surface area contributed by atoms with E-state index in [0.29, 0.717) is 30.3 Å². The lowest BCUT2D eigenvalue weighted by Gasteiger charge is -2.12. The Morgan fingerprint density at radius 1 is 0.939 bits per heavy atom. The predicted molar refractivity (Wildman–Crippen MR) is 126 cm³/mol. The van der Waals surface area contributed by atoms with Crippen LogP contribution in [0.1, 0.15) is 41.8 Å². The number of hydrazone groups is 1. The van der Waals surface area contributed by atoms with Gasteiger partial charge in [0.25, 0.3) is 5.91 Å². The number of carbonyl (C=O) groups excluding carboxylic acids is 1. The van der Waals surface area contributed by atoms with Crippen molar-refractivity contribution in [2.45, 2.75) is 26.9 Å². The van der Waals surface area contributed by atoms with Gasteiger partial charge in [-0.2, -0.15) is 5.10 Å². The standard InChI is InChI=1S/C26H27FN2O4/c1-3-15-32-23-12-8-21(9-13-23)26(30)29-28-17-20-7-14-24(25(16-20)31-4-2)33-18-19-5-10-22(27)11-6-19/h5-14,16-17H,3-4,15,18H2,1-2H3,(H,29,30)/b28-17+. The molecule has 0 heterocycles. The molecule has 0 aliphatic rings. The molecule has 0 aliphatic carbocycles. The molecule has 0 fully saturated rings. The molecule has 0 aromatic heterocycles. The quantitative estimate of drug-likeness (QED) is 0.316. The lowest BCUT2D eigenvalue weighted by atomic mass is 10.2. The second-order valence-corrected chi connectivity index (χ2v) is 7.13. The van der Waals surface area contributed by atoms with Crippen LogP contribution >= 0.6 is 0 Å². The number of rotatable bonds is 11. The second kappa shape index (κ2) is 12.2. The molecule has 0 atom stereocenters. The molecule has 0 saturated carbocycles. The van der Waals surface area contributed by atoms with E-state index in [4.69, 9.17) is 14.2 Å². The number of halogens is 1. The number of amides is 1. The maximum absolute atomic E-state index is 13.1. The largest absolute Gasteiger partial charge is 0.494 e. The van der Waals surface area contributed by atoms with E-state index in [2.05, 4.69) is 10.5 Å². The lowest BCUT2D eigenvalue weighted by Crippen LogP contribution is -2.17. The predicted octanol–water partition coefficient (Wildman–Crippen LogP) is 5.36. The van der Waals surface area contributed by atoms with Crippen molar-refractivity contribution in [1.82, 2.24) is 5.43 Å². The molecule has 0 aliphatic heterocycles. The van der Waals surface area contributed by atoms with Crippen molar-refractivity contribution in [1.29, 1.82) is 0 Å². The third-order valence-electron chi connectivity index (χ3n) is 4.54. The Kier molecular flexibility index (Phi) is 8.82. The van der Waals surface area contributed by atoms with Gasteiger partial charge in [-0.25, -0.2) is 9.82 Å². The number of hydrogen-bond donors (Lipinski definition) is 1. The van der Waals surface area contributed by atoms with Gasteiger partial charge in [-0.15, -0.1) is 0 Å². The Morgan fingerprint density at radius 2 is 1.70 bits per heavy atom. The van der Waals surface area contributed by atoms with Gasteiger partial charge in [0.2, 0.25) is 0 Å². The van der Waals surface area contributed by atoms with Crippen molar-refractivity contribution in [3.8, 4) is 17.2 Å². The normalized spacial score (nSPS) is 10.8. The molecule has 0 unspecified atom stereocenters. The molecular formula is C26H27FN2O4. The van der Waals surface area contributed by atoms with Crippen LogP contribution in [0.5, 0.6) is 17.2 Å². The van der Waals surface area contributed by atoms with Crippen LogP contribution in [0.4, 0.5) is 4.39 Å². The van der Waals surface area contributed by atoms with Gasteiger partial charge < -0.3 is 14.2 Å². The van der Waals surface area contributed by atoms with E-state index in [1.54, 1.807) is 54.6 Å². The first kappa shape index (κ1) is 23.8. The number of nitrogens with zero attached hydrogens (tertiary/aromatic N) is 1. The number of hydrogen-bond acceptors (Lipinski definition) is 5. The van der Waals surface area contributed by atoms with E-state index in [-0.39, 0.29) is 18.3 Å². The molecule has 3 aromatic rings. The third-order valence-corrected chi connectivity index (χ3v) is 4.54. The maximum atomic E-state index is 13.1.